The first kappa shape index (κ1) is 13.9. The van der Waals surface area contributed by atoms with Gasteiger partial charge in [-0.2, -0.15) is 0 Å². The van der Waals surface area contributed by atoms with Gasteiger partial charge in [0.1, 0.15) is 5.69 Å². The molecule has 21 heavy (non-hydrogen) atoms. The van der Waals surface area contributed by atoms with Gasteiger partial charge < -0.3 is 4.90 Å². The number of thioether (sulfide) groups is 2. The molecule has 2 aliphatic rings. The highest BCUT2D eigenvalue weighted by molar-refractivity contribution is 9.10. The lowest BCUT2D eigenvalue weighted by molar-refractivity contribution is 0.0787. The molecule has 4 heterocycles. The molecular formula is C13H13BrN4OS2. The normalized spacial score (nSPS) is 20.7. The van der Waals surface area contributed by atoms with Crippen LogP contribution in [0.25, 0.3) is 5.78 Å². The SMILES string of the molecule is O=C(c1cn2cc(Br)cnc2n1)N1CCC2(C1)SCCS2. The van der Waals surface area contributed by atoms with Crippen molar-refractivity contribution < 1.29 is 4.79 Å². The minimum absolute atomic E-state index is 0.0154. The number of halogens is 1. The first-order valence-electron chi connectivity index (χ1n) is 6.73. The summed E-state index contributed by atoms with van der Waals surface area (Å²) in [5.74, 6) is 2.96. The van der Waals surface area contributed by atoms with Crippen molar-refractivity contribution in [3.8, 4) is 0 Å². The fourth-order valence-corrected chi connectivity index (χ4v) is 6.32. The summed E-state index contributed by atoms with van der Waals surface area (Å²) < 4.78 is 2.88. The molecule has 1 amide bonds. The van der Waals surface area contributed by atoms with E-state index in [-0.39, 0.29) is 9.99 Å². The maximum atomic E-state index is 12.6. The van der Waals surface area contributed by atoms with E-state index in [1.165, 1.54) is 11.5 Å². The molecule has 0 atom stereocenters. The fraction of sp³-hybridized carbons (Fsp3) is 0.462. The molecule has 2 fully saturated rings. The molecule has 2 aromatic heterocycles. The second kappa shape index (κ2) is 5.17. The fourth-order valence-electron chi connectivity index (χ4n) is 2.79. The van der Waals surface area contributed by atoms with Gasteiger partial charge in [0.2, 0.25) is 5.78 Å². The predicted molar refractivity (Wildman–Crippen MR) is 88.9 cm³/mol. The first-order valence-corrected chi connectivity index (χ1v) is 9.49. The van der Waals surface area contributed by atoms with Gasteiger partial charge in [-0.3, -0.25) is 9.20 Å². The van der Waals surface area contributed by atoms with Gasteiger partial charge in [-0.05, 0) is 22.4 Å². The van der Waals surface area contributed by atoms with E-state index in [1.807, 2.05) is 34.6 Å². The van der Waals surface area contributed by atoms with Crippen LogP contribution >= 0.6 is 39.5 Å². The lowest BCUT2D eigenvalue weighted by Crippen LogP contribution is -2.31. The summed E-state index contributed by atoms with van der Waals surface area (Å²) in [7, 11) is 0. The number of nitrogens with zero attached hydrogens (tertiary/aromatic N) is 4. The topological polar surface area (TPSA) is 50.5 Å². The second-order valence-corrected chi connectivity index (χ2v) is 9.32. The average Bonchev–Trinajstić information content (AvgIpc) is 3.19. The second-order valence-electron chi connectivity index (χ2n) is 5.19. The van der Waals surface area contributed by atoms with E-state index in [0.717, 1.165) is 24.0 Å². The highest BCUT2D eigenvalue weighted by Gasteiger charge is 2.43. The Hall–Kier alpha value is -0.730. The Labute approximate surface area is 139 Å². The van der Waals surface area contributed by atoms with Crippen LogP contribution in [0.3, 0.4) is 0 Å². The molecular weight excluding hydrogens is 372 g/mol. The van der Waals surface area contributed by atoms with Gasteiger partial charge in [0.15, 0.2) is 0 Å². The summed E-state index contributed by atoms with van der Waals surface area (Å²) in [6.07, 6.45) is 6.38. The maximum Gasteiger partial charge on any atom is 0.274 e. The Morgan fingerprint density at radius 3 is 2.95 bits per heavy atom. The van der Waals surface area contributed by atoms with Crippen molar-refractivity contribution in [3.63, 3.8) is 0 Å². The zero-order valence-corrected chi connectivity index (χ0v) is 14.4. The lowest BCUT2D eigenvalue weighted by Gasteiger charge is -2.21. The Balaban J connectivity index is 1.59. The van der Waals surface area contributed by atoms with E-state index in [4.69, 9.17) is 0 Å². The third-order valence-corrected chi connectivity index (χ3v) is 7.70. The van der Waals surface area contributed by atoms with Crippen LogP contribution in [0, 0.1) is 0 Å². The molecule has 0 radical (unpaired) electrons. The number of carbonyl (C=O) groups excluding carboxylic acids is 1. The number of fused-ring (bicyclic) bond motifs is 1. The number of hydrogen-bond donors (Lipinski definition) is 0. The summed E-state index contributed by atoms with van der Waals surface area (Å²) >= 11 is 7.37. The van der Waals surface area contributed by atoms with Gasteiger partial charge in [-0.1, -0.05) is 0 Å². The van der Waals surface area contributed by atoms with Crippen LogP contribution in [0.5, 0.6) is 0 Å². The molecule has 0 bridgehead atoms. The van der Waals surface area contributed by atoms with Gasteiger partial charge in [0.05, 0.1) is 8.55 Å². The van der Waals surface area contributed by atoms with Crippen LogP contribution in [-0.4, -0.2) is 53.9 Å². The summed E-state index contributed by atoms with van der Waals surface area (Å²) in [6, 6.07) is 0. The van der Waals surface area contributed by atoms with Crippen LogP contribution < -0.4 is 0 Å². The molecule has 2 aromatic rings. The molecule has 8 heteroatoms. The Morgan fingerprint density at radius 2 is 2.14 bits per heavy atom. The van der Waals surface area contributed by atoms with Crippen LogP contribution in [0.1, 0.15) is 16.9 Å². The predicted octanol–water partition coefficient (Wildman–Crippen LogP) is 2.51. The Kier molecular flexibility index (Phi) is 3.42. The molecule has 1 spiro atoms. The van der Waals surface area contributed by atoms with Gasteiger partial charge >= 0.3 is 0 Å². The lowest BCUT2D eigenvalue weighted by atomic mass is 10.4. The molecule has 2 saturated heterocycles. The molecule has 2 aliphatic heterocycles. The minimum Gasteiger partial charge on any atom is -0.335 e. The van der Waals surface area contributed by atoms with Crippen LogP contribution in [-0.2, 0) is 0 Å². The molecule has 0 aromatic carbocycles. The highest BCUT2D eigenvalue weighted by Crippen LogP contribution is 2.49. The summed E-state index contributed by atoms with van der Waals surface area (Å²) in [6.45, 7) is 1.65. The van der Waals surface area contributed by atoms with Crippen LogP contribution in [0.15, 0.2) is 23.1 Å². The van der Waals surface area contributed by atoms with Crippen molar-refractivity contribution in [2.24, 2.45) is 0 Å². The Morgan fingerprint density at radius 1 is 1.33 bits per heavy atom. The van der Waals surface area contributed by atoms with Gasteiger partial charge in [-0.15, -0.1) is 23.5 Å². The maximum absolute atomic E-state index is 12.6. The quantitative estimate of drug-likeness (QED) is 0.755. The molecule has 110 valence electrons. The number of aromatic nitrogens is 3. The largest absolute Gasteiger partial charge is 0.335 e. The van der Waals surface area contributed by atoms with Crippen molar-refractivity contribution in [1.29, 1.82) is 0 Å². The first-order chi connectivity index (χ1) is 10.2. The number of likely N-dealkylation sites (tertiary alicyclic amines) is 1. The summed E-state index contributed by atoms with van der Waals surface area (Å²) in [5.41, 5.74) is 0.477. The van der Waals surface area contributed by atoms with E-state index in [2.05, 4.69) is 25.9 Å². The van der Waals surface area contributed by atoms with E-state index in [1.54, 1.807) is 16.8 Å². The van der Waals surface area contributed by atoms with Gasteiger partial charge in [0.25, 0.3) is 5.91 Å². The number of amides is 1. The molecule has 0 N–H and O–H groups in total. The van der Waals surface area contributed by atoms with E-state index < -0.39 is 0 Å². The van der Waals surface area contributed by atoms with E-state index >= 15 is 0 Å². The monoisotopic (exact) mass is 384 g/mol. The molecule has 4 rings (SSSR count). The number of rotatable bonds is 1. The Bertz CT molecular complexity index is 713. The minimum atomic E-state index is 0.0154. The molecule has 0 aliphatic carbocycles. The van der Waals surface area contributed by atoms with Crippen molar-refractivity contribution in [1.82, 2.24) is 19.3 Å². The van der Waals surface area contributed by atoms with Gasteiger partial charge in [0, 0.05) is 43.2 Å². The van der Waals surface area contributed by atoms with E-state index in [0.29, 0.717) is 11.5 Å². The van der Waals surface area contributed by atoms with Crippen molar-refractivity contribution >= 4 is 51.1 Å². The average molecular weight is 385 g/mol. The molecule has 0 unspecified atom stereocenters. The summed E-state index contributed by atoms with van der Waals surface area (Å²) in [5, 5.41) is 0. The molecule has 5 nitrogen and oxygen atoms in total. The van der Waals surface area contributed by atoms with Crippen LogP contribution in [0.2, 0.25) is 0 Å². The highest BCUT2D eigenvalue weighted by atomic mass is 79.9. The summed E-state index contributed by atoms with van der Waals surface area (Å²) in [4.78, 5) is 23.1. The smallest absolute Gasteiger partial charge is 0.274 e. The third-order valence-electron chi connectivity index (χ3n) is 3.79. The zero-order valence-electron chi connectivity index (χ0n) is 11.2. The molecule has 0 saturated carbocycles. The van der Waals surface area contributed by atoms with Gasteiger partial charge in [-0.25, -0.2) is 9.97 Å². The number of carbonyl (C=O) groups is 1. The number of hydrogen-bond acceptors (Lipinski definition) is 5. The van der Waals surface area contributed by atoms with Crippen LogP contribution in [0.4, 0.5) is 0 Å². The van der Waals surface area contributed by atoms with Crippen molar-refractivity contribution in [2.45, 2.75) is 10.5 Å². The van der Waals surface area contributed by atoms with Crippen molar-refractivity contribution in [2.75, 3.05) is 24.6 Å². The standard InChI is InChI=1S/C13H13BrN4OS2/c14-9-5-15-12-16-10(7-18(12)6-9)11(19)17-2-1-13(8-17)20-3-4-21-13/h5-7H,1-4,8H2. The number of imidazole rings is 1. The zero-order chi connectivity index (χ0) is 14.4. The third kappa shape index (κ3) is 2.47. The van der Waals surface area contributed by atoms with E-state index in [9.17, 15) is 4.79 Å². The van der Waals surface area contributed by atoms with Crippen molar-refractivity contribution in [3.05, 3.63) is 28.8 Å².